The van der Waals surface area contributed by atoms with Crippen molar-refractivity contribution in [3.8, 4) is 0 Å². The largest absolute Gasteiger partial charge is 0.368 e. The molecule has 0 saturated carbocycles. The van der Waals surface area contributed by atoms with Gasteiger partial charge in [-0.25, -0.2) is 4.99 Å². The molecule has 1 fully saturated rings. The van der Waals surface area contributed by atoms with Crippen molar-refractivity contribution in [3.63, 3.8) is 0 Å². The summed E-state index contributed by atoms with van der Waals surface area (Å²) < 4.78 is 0.0762. The van der Waals surface area contributed by atoms with Crippen molar-refractivity contribution < 1.29 is 0 Å². The van der Waals surface area contributed by atoms with Crippen LogP contribution in [0.4, 0.5) is 0 Å². The van der Waals surface area contributed by atoms with Crippen LogP contribution in [0.15, 0.2) is 28.0 Å². The molecule has 1 heterocycles. The van der Waals surface area contributed by atoms with Crippen LogP contribution in [0.3, 0.4) is 0 Å². The fourth-order valence-electron chi connectivity index (χ4n) is 3.39. The Morgan fingerprint density at radius 2 is 2.20 bits per heavy atom. The van der Waals surface area contributed by atoms with E-state index in [0.29, 0.717) is 11.2 Å². The molecule has 1 aliphatic rings. The summed E-state index contributed by atoms with van der Waals surface area (Å²) in [5.74, 6) is 1.55. The molecule has 5 nitrogen and oxygen atoms in total. The molecule has 0 spiro atoms. The number of nitrogens with one attached hydrogen (secondary N) is 3. The maximum absolute atomic E-state index is 7.87. The molecule has 0 aromatic carbocycles. The molecule has 0 aliphatic carbocycles. The summed E-state index contributed by atoms with van der Waals surface area (Å²) in [5, 5.41) is 16.5. The van der Waals surface area contributed by atoms with Gasteiger partial charge in [-0.05, 0) is 45.2 Å². The average molecular weight is 566 g/mol. The number of thioether (sulfide) groups is 2. The van der Waals surface area contributed by atoms with Crippen LogP contribution in [-0.4, -0.2) is 63.8 Å². The predicted octanol–water partition coefficient (Wildman–Crippen LogP) is 5.34. The van der Waals surface area contributed by atoms with Crippen LogP contribution in [0.1, 0.15) is 47.5 Å². The van der Waals surface area contributed by atoms with E-state index in [4.69, 9.17) is 5.41 Å². The number of hydrogen-bond acceptors (Lipinski definition) is 7. The third-order valence-electron chi connectivity index (χ3n) is 4.89. The average Bonchev–Trinajstić information content (AvgIpc) is 3.10. The minimum atomic E-state index is 0.0762. The predicted molar refractivity (Wildman–Crippen MR) is 148 cm³/mol. The van der Waals surface area contributed by atoms with E-state index in [0.717, 1.165) is 49.9 Å². The molecule has 3 atom stereocenters. The van der Waals surface area contributed by atoms with Crippen LogP contribution in [0.5, 0.6) is 0 Å². The molecule has 3 unspecified atom stereocenters. The molecule has 1 rings (SSSR count). The highest BCUT2D eigenvalue weighted by Gasteiger charge is 2.33. The van der Waals surface area contributed by atoms with Crippen molar-refractivity contribution in [2.45, 2.75) is 60.7 Å². The van der Waals surface area contributed by atoms with E-state index < -0.39 is 0 Å². The van der Waals surface area contributed by atoms with Gasteiger partial charge < -0.3 is 20.9 Å². The van der Waals surface area contributed by atoms with Gasteiger partial charge in [0, 0.05) is 43.9 Å². The van der Waals surface area contributed by atoms with Gasteiger partial charge in [-0.15, -0.1) is 11.8 Å². The zero-order valence-electron chi connectivity index (χ0n) is 19.4. The molecule has 8 heteroatoms. The molecule has 3 N–H and O–H groups in total. The van der Waals surface area contributed by atoms with E-state index in [1.165, 1.54) is 5.57 Å². The number of hydrogen-bond donors (Lipinski definition) is 3. The maximum Gasteiger partial charge on any atom is 0.126 e. The molecule has 172 valence electrons. The molecular weight excluding hydrogens is 525 g/mol. The van der Waals surface area contributed by atoms with Crippen molar-refractivity contribution in [3.05, 3.63) is 23.0 Å². The van der Waals surface area contributed by atoms with Gasteiger partial charge in [0.15, 0.2) is 0 Å². The van der Waals surface area contributed by atoms with E-state index >= 15 is 0 Å². The smallest absolute Gasteiger partial charge is 0.126 e. The third kappa shape index (κ3) is 9.12. The number of nitrogens with zero attached hydrogens (tertiary/aromatic N) is 2. The van der Waals surface area contributed by atoms with Crippen LogP contribution in [0, 0.1) is 11.3 Å². The molecule has 0 radical (unpaired) electrons. The first-order chi connectivity index (χ1) is 14.2. The lowest BCUT2D eigenvalue weighted by Crippen LogP contribution is -2.34. The molecule has 1 saturated heterocycles. The molecule has 0 amide bonds. The van der Waals surface area contributed by atoms with Gasteiger partial charge >= 0.3 is 0 Å². The van der Waals surface area contributed by atoms with Gasteiger partial charge in [-0.3, -0.25) is 0 Å². The quantitative estimate of drug-likeness (QED) is 0.151. The molecule has 0 aromatic rings. The SMILES string of the molecule is C=C(SC(C)(I)CNC)N(CCC)CCN/C(N=CC)=C1\CC(C(C)C)SC1C=N. The molecule has 30 heavy (non-hydrogen) atoms. The summed E-state index contributed by atoms with van der Waals surface area (Å²) in [6.45, 7) is 18.9. The van der Waals surface area contributed by atoms with Crippen molar-refractivity contribution in [1.29, 1.82) is 5.41 Å². The third-order valence-corrected chi connectivity index (χ3v) is 8.77. The van der Waals surface area contributed by atoms with Crippen molar-refractivity contribution in [2.75, 3.05) is 33.2 Å². The highest BCUT2D eigenvalue weighted by molar-refractivity contribution is 14.1. The second kappa shape index (κ2) is 14.1. The Labute approximate surface area is 206 Å². The number of aliphatic imine (C=N–C) groups is 1. The van der Waals surface area contributed by atoms with Crippen molar-refractivity contribution in [2.24, 2.45) is 10.9 Å². The Bertz CT molecular complexity index is 619. The lowest BCUT2D eigenvalue weighted by atomic mass is 10.0. The first kappa shape index (κ1) is 27.8. The van der Waals surface area contributed by atoms with Crippen molar-refractivity contribution in [1.82, 2.24) is 15.5 Å². The highest BCUT2D eigenvalue weighted by Crippen LogP contribution is 2.42. The Morgan fingerprint density at radius 1 is 1.50 bits per heavy atom. The van der Waals surface area contributed by atoms with Crippen LogP contribution >= 0.6 is 46.1 Å². The van der Waals surface area contributed by atoms with E-state index in [2.05, 4.69) is 77.4 Å². The summed E-state index contributed by atoms with van der Waals surface area (Å²) in [7, 11) is 1.99. The number of rotatable bonds is 14. The molecular formula is C22H40IN5S2. The molecule has 1 aliphatic heterocycles. The lowest BCUT2D eigenvalue weighted by molar-refractivity contribution is 0.367. The van der Waals surface area contributed by atoms with Gasteiger partial charge in [0.25, 0.3) is 0 Å². The number of halogens is 1. The minimum Gasteiger partial charge on any atom is -0.368 e. The summed E-state index contributed by atoms with van der Waals surface area (Å²) in [4.78, 5) is 7.01. The first-order valence-corrected chi connectivity index (χ1v) is 13.6. The Kier molecular flexibility index (Phi) is 13.0. The van der Waals surface area contributed by atoms with E-state index in [-0.39, 0.29) is 8.00 Å². The van der Waals surface area contributed by atoms with E-state index in [1.54, 1.807) is 6.21 Å². The van der Waals surface area contributed by atoms with Gasteiger partial charge in [0.1, 0.15) is 5.82 Å². The zero-order valence-corrected chi connectivity index (χ0v) is 23.2. The summed E-state index contributed by atoms with van der Waals surface area (Å²) >= 11 is 6.22. The first-order valence-electron chi connectivity index (χ1n) is 10.8. The van der Waals surface area contributed by atoms with Crippen LogP contribution in [0.2, 0.25) is 0 Å². The lowest BCUT2D eigenvalue weighted by Gasteiger charge is -2.31. The summed E-state index contributed by atoms with van der Waals surface area (Å²) in [5.41, 5.74) is 1.26. The topological polar surface area (TPSA) is 63.5 Å². The van der Waals surface area contributed by atoms with Crippen LogP contribution in [0.25, 0.3) is 0 Å². The number of alkyl halides is 1. The van der Waals surface area contributed by atoms with Crippen LogP contribution < -0.4 is 10.6 Å². The highest BCUT2D eigenvalue weighted by atomic mass is 127. The Morgan fingerprint density at radius 3 is 2.73 bits per heavy atom. The normalized spacial score (nSPS) is 22.9. The summed E-state index contributed by atoms with van der Waals surface area (Å²) in [6, 6.07) is 0. The minimum absolute atomic E-state index is 0.0762. The molecule has 0 bridgehead atoms. The zero-order chi connectivity index (χ0) is 22.7. The second-order valence-corrected chi connectivity index (χ2v) is 14.1. The fraction of sp³-hybridized carbons (Fsp3) is 0.727. The molecule has 0 aromatic heterocycles. The van der Waals surface area contributed by atoms with E-state index in [1.807, 2.05) is 43.7 Å². The fourth-order valence-corrected chi connectivity index (χ4v) is 6.97. The summed E-state index contributed by atoms with van der Waals surface area (Å²) in [6.07, 6.45) is 5.51. The van der Waals surface area contributed by atoms with E-state index in [9.17, 15) is 0 Å². The monoisotopic (exact) mass is 565 g/mol. The Hall–Kier alpha value is -0.190. The van der Waals surface area contributed by atoms with Gasteiger partial charge in [-0.1, -0.05) is 61.7 Å². The van der Waals surface area contributed by atoms with Gasteiger partial charge in [0.2, 0.25) is 0 Å². The second-order valence-electron chi connectivity index (χ2n) is 8.01. The van der Waals surface area contributed by atoms with Gasteiger partial charge in [-0.2, -0.15) is 0 Å². The van der Waals surface area contributed by atoms with Gasteiger partial charge in [0.05, 0.1) is 13.0 Å². The standard InChI is InChI=1S/C22H40IN5S2/c1-8-11-28(17(5)30-22(6,23)15-25-7)12-10-27-21(26-9-2)18-13-19(16(3)4)29-20(18)14-24/h9,14,16,19-20,24-25,27H,5,8,10-13,15H2,1-4,6-7H3/b21-18+,24-14?,26-9?. The maximum atomic E-state index is 7.87. The van der Waals surface area contributed by atoms with Crippen molar-refractivity contribution >= 4 is 58.5 Å². The Balaban J connectivity index is 2.83. The van der Waals surface area contributed by atoms with Crippen LogP contribution in [-0.2, 0) is 0 Å².